The molecule has 0 bridgehead atoms. The smallest absolute Gasteiger partial charge is 0.412 e. The average Bonchev–Trinajstić information content (AvgIpc) is 2.60. The molecule has 0 radical (unpaired) electrons. The number of ether oxygens (including phenoxy) is 1. The van der Waals surface area contributed by atoms with E-state index in [2.05, 4.69) is 10.4 Å². The molecule has 0 unspecified atom stereocenters. The van der Waals surface area contributed by atoms with E-state index in [9.17, 15) is 8.68 Å². The Morgan fingerprint density at radius 3 is 2.44 bits per heavy atom. The van der Waals surface area contributed by atoms with Crippen LogP contribution in [0.4, 0.5) is 14.4 Å². The van der Waals surface area contributed by atoms with Gasteiger partial charge in [0.2, 0.25) is 0 Å². The van der Waals surface area contributed by atoms with Crippen LogP contribution in [-0.4, -0.2) is 20.9 Å². The van der Waals surface area contributed by atoms with Gasteiger partial charge >= 0.3 is 6.09 Å². The molecule has 1 N–H and O–H groups in total. The first-order valence-corrected chi connectivity index (χ1v) is 6.34. The summed E-state index contributed by atoms with van der Waals surface area (Å²) >= 11 is -0.0301. The highest BCUT2D eigenvalue weighted by Gasteiger charge is 2.18. The summed E-state index contributed by atoms with van der Waals surface area (Å²) in [6.45, 7) is 10.9. The quantitative estimate of drug-likeness (QED) is 0.889. The van der Waals surface area contributed by atoms with Crippen molar-refractivity contribution in [1.29, 1.82) is 0 Å². The van der Waals surface area contributed by atoms with Gasteiger partial charge in [0.1, 0.15) is 5.60 Å². The lowest BCUT2D eigenvalue weighted by Crippen LogP contribution is -2.27. The summed E-state index contributed by atoms with van der Waals surface area (Å²) in [7, 11) is 0. The molecule has 0 spiro atoms. The van der Waals surface area contributed by atoms with Gasteiger partial charge in [-0.3, -0.25) is 5.32 Å². The third kappa shape index (κ3) is 5.39. The van der Waals surface area contributed by atoms with Gasteiger partial charge in [-0.25, -0.2) is 4.79 Å². The Labute approximate surface area is 112 Å². The molecule has 0 saturated heterocycles. The Morgan fingerprint density at radius 2 is 2.06 bits per heavy atom. The lowest BCUT2D eigenvalue weighted by Gasteiger charge is -2.19. The Hall–Kier alpha value is -1.24. The first kappa shape index (κ1) is 16.8. The van der Waals surface area contributed by atoms with Crippen molar-refractivity contribution in [3.8, 4) is 0 Å². The molecule has 0 fully saturated rings. The number of nitrogens with one attached hydrogen (secondary N) is 1. The highest BCUT2D eigenvalue weighted by Crippen LogP contribution is 2.19. The fraction of sp³-hybridized carbons (Fsp3) is 0.636. The van der Waals surface area contributed by atoms with Gasteiger partial charge in [0.15, 0.2) is 12.3 Å². The molecule has 18 heavy (non-hydrogen) atoms. The number of aromatic nitrogens is 2. The molecule has 0 atom stereocenters. The van der Waals surface area contributed by atoms with Crippen LogP contribution in [0.3, 0.4) is 0 Å². The van der Waals surface area contributed by atoms with Crippen LogP contribution in [0.15, 0.2) is 6.20 Å². The third-order valence-corrected chi connectivity index (χ3v) is 2.17. The number of carbonyl (C=O) groups is 1. The van der Waals surface area contributed by atoms with Gasteiger partial charge in [0.25, 0.3) is 0 Å². The minimum atomic E-state index is -0.584. The molecule has 1 amide bonds. The zero-order chi connectivity index (χ0) is 14.3. The number of hydrogen-bond donors (Lipinski definition) is 1. The number of carbonyl (C=O) groups excluding carboxylic acids is 1. The molecule has 0 aliphatic heterocycles. The molecule has 0 aromatic carbocycles. The molecule has 0 saturated carbocycles. The van der Waals surface area contributed by atoms with Crippen molar-refractivity contribution in [2.24, 2.45) is 0 Å². The molecule has 0 aliphatic carbocycles. The summed E-state index contributed by atoms with van der Waals surface area (Å²) in [5, 5.41) is 6.22. The van der Waals surface area contributed by atoms with Crippen LogP contribution in [0.5, 0.6) is 0 Å². The Bertz CT molecular complexity index is 388. The van der Waals surface area contributed by atoms with Gasteiger partial charge in [-0.2, -0.15) is 9.19 Å². The van der Waals surface area contributed by atoms with Gasteiger partial charge in [-0.15, -0.1) is 3.89 Å². The van der Waals surface area contributed by atoms with E-state index in [1.165, 1.54) is 6.20 Å². The number of nitrogens with zero attached hydrogens (tertiary/aromatic N) is 2. The minimum absolute atomic E-state index is 0.0301. The summed E-state index contributed by atoms with van der Waals surface area (Å²) in [6.07, 6.45) is 0.783. The number of anilines is 1. The maximum absolute atomic E-state index is 12.3. The average molecular weight is 277 g/mol. The predicted octanol–water partition coefficient (Wildman–Crippen LogP) is 3.95. The van der Waals surface area contributed by atoms with E-state index in [4.69, 9.17) is 4.74 Å². The Kier molecular flexibility index (Phi) is 6.75. The van der Waals surface area contributed by atoms with Crippen molar-refractivity contribution < 1.29 is 13.4 Å². The second-order valence-corrected chi connectivity index (χ2v) is 4.70. The Balaban J connectivity index is 0.00000137. The largest absolute Gasteiger partial charge is 0.444 e. The summed E-state index contributed by atoms with van der Waals surface area (Å²) in [4.78, 5) is 11.4. The first-order valence-electron chi connectivity index (χ1n) is 5.67. The van der Waals surface area contributed by atoms with Gasteiger partial charge in [-0.05, 0) is 27.7 Å². The predicted molar refractivity (Wildman–Crippen MR) is 72.3 cm³/mol. The van der Waals surface area contributed by atoms with Crippen molar-refractivity contribution in [2.75, 3.05) is 5.32 Å². The van der Waals surface area contributed by atoms with Gasteiger partial charge in [-0.1, -0.05) is 13.8 Å². The zero-order valence-electron chi connectivity index (χ0n) is 11.6. The standard InChI is InChI=1S/C9H14FN3O2S.C2H6/c1-6-7(5-11-13(6)16-10)12-8(14)15-9(2,3)4;1-2/h5H,1-4H3,(H,12,14);1-2H3. The molecule has 7 heteroatoms. The maximum Gasteiger partial charge on any atom is 0.412 e. The molecule has 1 rings (SSSR count). The molecule has 104 valence electrons. The van der Waals surface area contributed by atoms with Crippen LogP contribution < -0.4 is 5.32 Å². The highest BCUT2D eigenvalue weighted by atomic mass is 32.2. The topological polar surface area (TPSA) is 56.1 Å². The lowest BCUT2D eigenvalue weighted by atomic mass is 10.2. The van der Waals surface area contributed by atoms with Crippen LogP contribution in [-0.2, 0) is 4.74 Å². The molecule has 5 nitrogen and oxygen atoms in total. The van der Waals surface area contributed by atoms with Gasteiger partial charge < -0.3 is 4.74 Å². The van der Waals surface area contributed by atoms with E-state index >= 15 is 0 Å². The van der Waals surface area contributed by atoms with Gasteiger partial charge in [0.05, 0.1) is 17.6 Å². The molecular weight excluding hydrogens is 257 g/mol. The van der Waals surface area contributed by atoms with Crippen LogP contribution in [0.25, 0.3) is 0 Å². The monoisotopic (exact) mass is 277 g/mol. The molecular formula is C11H20FN3O2S. The van der Waals surface area contributed by atoms with E-state index in [1.54, 1.807) is 27.7 Å². The number of amides is 1. The highest BCUT2D eigenvalue weighted by molar-refractivity contribution is 7.92. The van der Waals surface area contributed by atoms with Crippen LogP contribution in [0.2, 0.25) is 0 Å². The number of rotatable bonds is 2. The fourth-order valence-electron chi connectivity index (χ4n) is 0.999. The van der Waals surface area contributed by atoms with Crippen molar-refractivity contribution >= 4 is 24.1 Å². The summed E-state index contributed by atoms with van der Waals surface area (Å²) in [6, 6.07) is 0. The zero-order valence-corrected chi connectivity index (χ0v) is 12.4. The van der Waals surface area contributed by atoms with Crippen LogP contribution in [0, 0.1) is 6.92 Å². The third-order valence-electron chi connectivity index (χ3n) is 1.67. The minimum Gasteiger partial charge on any atom is -0.444 e. The van der Waals surface area contributed by atoms with Crippen molar-refractivity contribution in [1.82, 2.24) is 9.19 Å². The first-order chi connectivity index (χ1) is 8.33. The van der Waals surface area contributed by atoms with E-state index in [-0.39, 0.29) is 12.3 Å². The fourth-order valence-corrected chi connectivity index (χ4v) is 1.28. The second-order valence-electron chi connectivity index (χ2n) is 4.21. The number of hydrogen-bond acceptors (Lipinski definition) is 4. The SMILES string of the molecule is CC.Cc1c(NC(=O)OC(C)(C)C)cnn1SF. The second kappa shape index (κ2) is 7.25. The number of halogens is 1. The maximum atomic E-state index is 12.3. The summed E-state index contributed by atoms with van der Waals surface area (Å²) in [5.41, 5.74) is 0.376. The molecule has 1 aromatic heterocycles. The van der Waals surface area contributed by atoms with Crippen molar-refractivity contribution in [2.45, 2.75) is 47.1 Å². The van der Waals surface area contributed by atoms with Crippen LogP contribution >= 0.6 is 12.3 Å². The Morgan fingerprint density at radius 1 is 1.50 bits per heavy atom. The van der Waals surface area contributed by atoms with E-state index in [0.717, 1.165) is 4.09 Å². The van der Waals surface area contributed by atoms with Crippen molar-refractivity contribution in [3.63, 3.8) is 0 Å². The normalized spacial score (nSPS) is 10.4. The van der Waals surface area contributed by atoms with E-state index < -0.39 is 11.7 Å². The summed E-state index contributed by atoms with van der Waals surface area (Å²) < 4.78 is 18.4. The van der Waals surface area contributed by atoms with Crippen molar-refractivity contribution in [3.05, 3.63) is 11.9 Å². The molecule has 0 aliphatic rings. The summed E-state index contributed by atoms with van der Waals surface area (Å²) in [5.74, 6) is 0. The van der Waals surface area contributed by atoms with Crippen LogP contribution in [0.1, 0.15) is 40.3 Å². The molecule has 1 aromatic rings. The van der Waals surface area contributed by atoms with E-state index in [0.29, 0.717) is 11.4 Å². The molecule has 1 heterocycles. The lowest BCUT2D eigenvalue weighted by molar-refractivity contribution is 0.0636. The van der Waals surface area contributed by atoms with Gasteiger partial charge in [0, 0.05) is 0 Å². The van der Waals surface area contributed by atoms with E-state index in [1.807, 2.05) is 13.8 Å².